The van der Waals surface area contributed by atoms with Crippen LogP contribution in [-0.2, 0) is 34.0 Å². The van der Waals surface area contributed by atoms with Crippen LogP contribution in [0.15, 0.2) is 109 Å². The molecule has 0 saturated carbocycles. The molecular weight excluding hydrogens is 666 g/mol. The number of carbonyl (C=O) groups is 4. The first-order valence-corrected chi connectivity index (χ1v) is 17.1. The summed E-state index contributed by atoms with van der Waals surface area (Å²) >= 11 is 0. The Labute approximate surface area is 300 Å². The number of imide groups is 1. The Balaban J connectivity index is 1.52. The van der Waals surface area contributed by atoms with Gasteiger partial charge < -0.3 is 29.8 Å². The highest BCUT2D eigenvalue weighted by Gasteiger charge is 2.73. The topological polar surface area (TPSA) is 158 Å². The molecule has 2 fully saturated rings. The number of methoxy groups -OCH3 is 1. The molecule has 3 amide bonds. The third-order valence-electron chi connectivity index (χ3n) is 10.2. The molecule has 4 aromatic rings. The summed E-state index contributed by atoms with van der Waals surface area (Å²) < 4.78 is 22.5. The number of hydrogen-bond acceptors (Lipinski definition) is 10. The summed E-state index contributed by atoms with van der Waals surface area (Å²) in [5, 5.41) is 9.37. The molecule has 52 heavy (non-hydrogen) atoms. The smallest absolute Gasteiger partial charge is 0.421 e. The first kappa shape index (κ1) is 34.9. The third kappa shape index (κ3) is 5.78. The highest BCUT2D eigenvalue weighted by Crippen LogP contribution is 2.65. The van der Waals surface area contributed by atoms with Crippen molar-refractivity contribution in [2.24, 2.45) is 11.7 Å². The minimum Gasteiger partial charge on any atom is -0.491 e. The Morgan fingerprint density at radius 1 is 0.846 bits per heavy atom. The average molecular weight is 706 g/mol. The van der Waals surface area contributed by atoms with Crippen molar-refractivity contribution in [1.29, 1.82) is 0 Å². The van der Waals surface area contributed by atoms with Gasteiger partial charge in [-0.2, -0.15) is 0 Å². The van der Waals surface area contributed by atoms with E-state index in [0.717, 1.165) is 16.0 Å². The molecule has 3 heterocycles. The van der Waals surface area contributed by atoms with Crippen LogP contribution >= 0.6 is 0 Å². The summed E-state index contributed by atoms with van der Waals surface area (Å²) in [4.78, 5) is 60.4. The fourth-order valence-corrected chi connectivity index (χ4v) is 8.34. The van der Waals surface area contributed by atoms with E-state index in [1.807, 2.05) is 65.6 Å². The van der Waals surface area contributed by atoms with Crippen molar-refractivity contribution in [1.82, 2.24) is 4.90 Å². The largest absolute Gasteiger partial charge is 0.491 e. The molecule has 268 valence electrons. The molecule has 12 nitrogen and oxygen atoms in total. The molecule has 12 heteroatoms. The minimum atomic E-state index is -1.80. The maximum atomic E-state index is 15.5. The van der Waals surface area contributed by atoms with Crippen LogP contribution in [0.3, 0.4) is 0 Å². The zero-order valence-electron chi connectivity index (χ0n) is 28.5. The predicted molar refractivity (Wildman–Crippen MR) is 188 cm³/mol. The van der Waals surface area contributed by atoms with E-state index in [2.05, 4.69) is 0 Å². The standard InChI is InChI=1S/C40H39N3O9/c1-49-22-23-51-39(48)43-30-15-9-8-14-29(30)40(38(43)47)33(37(41)46)31-24-32(45)52-35(26-12-6-3-7-13-26)34(25-10-4-2-5-11-25)42(31)36(40)27-16-18-28(19-17-27)50-21-20-44/h2-19,31,33-36,44H,20-24H2,1H3,(H2,41,46)/t31-,33+,34+,35-,36-,40+/m1/s1. The molecule has 7 rings (SSSR count). The molecule has 3 N–H and O–H groups in total. The number of amides is 3. The number of benzene rings is 4. The number of aliphatic hydroxyl groups excluding tert-OH is 1. The first-order valence-electron chi connectivity index (χ1n) is 17.1. The van der Waals surface area contributed by atoms with Crippen LogP contribution in [-0.4, -0.2) is 73.5 Å². The van der Waals surface area contributed by atoms with Gasteiger partial charge in [0.25, 0.3) is 0 Å². The second-order valence-corrected chi connectivity index (χ2v) is 13.0. The van der Waals surface area contributed by atoms with Crippen LogP contribution in [0.4, 0.5) is 10.5 Å². The molecular formula is C40H39N3O9. The summed E-state index contributed by atoms with van der Waals surface area (Å²) in [6, 6.07) is 30.0. The van der Waals surface area contributed by atoms with Crippen molar-refractivity contribution >= 4 is 29.6 Å². The lowest BCUT2D eigenvalue weighted by Gasteiger charge is -2.42. The number of aliphatic hydroxyl groups is 1. The van der Waals surface area contributed by atoms with Crippen LogP contribution in [0.1, 0.15) is 46.9 Å². The molecule has 1 spiro atoms. The van der Waals surface area contributed by atoms with Gasteiger partial charge in [-0.3, -0.25) is 19.3 Å². The van der Waals surface area contributed by atoms with Crippen molar-refractivity contribution in [2.75, 3.05) is 38.4 Å². The normalized spacial score (nSPS) is 25.3. The number of rotatable bonds is 10. The van der Waals surface area contributed by atoms with Crippen molar-refractivity contribution in [3.63, 3.8) is 0 Å². The van der Waals surface area contributed by atoms with Gasteiger partial charge in [-0.1, -0.05) is 91.0 Å². The van der Waals surface area contributed by atoms with Crippen LogP contribution in [0.2, 0.25) is 0 Å². The number of anilines is 1. The second kappa shape index (κ2) is 14.6. The maximum Gasteiger partial charge on any atom is 0.421 e. The van der Waals surface area contributed by atoms with Gasteiger partial charge in [0.2, 0.25) is 11.8 Å². The predicted octanol–water partition coefficient (Wildman–Crippen LogP) is 4.38. The molecule has 0 bridgehead atoms. The van der Waals surface area contributed by atoms with Crippen LogP contribution in [0, 0.1) is 5.92 Å². The van der Waals surface area contributed by atoms with E-state index in [1.54, 1.807) is 48.5 Å². The number of nitrogens with zero attached hydrogens (tertiary/aromatic N) is 2. The fourth-order valence-electron chi connectivity index (χ4n) is 8.34. The number of fused-ring (bicyclic) bond motifs is 3. The zero-order chi connectivity index (χ0) is 36.4. The Bertz CT molecular complexity index is 1940. The lowest BCUT2D eigenvalue weighted by molar-refractivity contribution is -0.150. The third-order valence-corrected chi connectivity index (χ3v) is 10.2. The number of ether oxygens (including phenoxy) is 4. The zero-order valence-corrected chi connectivity index (χ0v) is 28.5. The van der Waals surface area contributed by atoms with Crippen molar-refractivity contribution in [3.8, 4) is 5.75 Å². The van der Waals surface area contributed by atoms with E-state index in [9.17, 15) is 19.5 Å². The van der Waals surface area contributed by atoms with E-state index in [4.69, 9.17) is 24.7 Å². The second-order valence-electron chi connectivity index (χ2n) is 13.0. The van der Waals surface area contributed by atoms with Gasteiger partial charge in [0, 0.05) is 13.2 Å². The van der Waals surface area contributed by atoms with Crippen molar-refractivity contribution in [2.45, 2.75) is 36.1 Å². The Morgan fingerprint density at radius 3 is 2.15 bits per heavy atom. The van der Waals surface area contributed by atoms with E-state index >= 15 is 4.79 Å². The highest BCUT2D eigenvalue weighted by atomic mass is 16.6. The Hall–Kier alpha value is -5.56. The number of nitrogens with two attached hydrogens (primary N) is 1. The number of para-hydroxylation sites is 1. The molecule has 3 aliphatic rings. The Kier molecular flexibility index (Phi) is 9.78. The molecule has 3 aliphatic heterocycles. The van der Waals surface area contributed by atoms with Gasteiger partial charge in [0.15, 0.2) is 0 Å². The summed E-state index contributed by atoms with van der Waals surface area (Å²) in [7, 11) is 1.47. The minimum absolute atomic E-state index is 0.0744. The van der Waals surface area contributed by atoms with E-state index in [0.29, 0.717) is 16.9 Å². The fraction of sp³-hybridized carbons (Fsp3) is 0.300. The summed E-state index contributed by atoms with van der Waals surface area (Å²) in [5.74, 6) is -2.90. The van der Waals surface area contributed by atoms with Gasteiger partial charge >= 0.3 is 12.1 Å². The van der Waals surface area contributed by atoms with Gasteiger partial charge in [0.1, 0.15) is 30.5 Å². The SMILES string of the molecule is COCCOC(=O)N1C(=O)[C@@]2(c3ccccc31)[C@H](C(N)=O)[C@H]1CC(=O)O[C@H](c3ccccc3)[C@H](c3ccccc3)N1[C@@H]2c1ccc(OCCO)cc1. The van der Waals surface area contributed by atoms with Gasteiger partial charge in [-0.25, -0.2) is 9.69 Å². The van der Waals surface area contributed by atoms with E-state index in [1.165, 1.54) is 7.11 Å². The van der Waals surface area contributed by atoms with Crippen LogP contribution < -0.4 is 15.4 Å². The van der Waals surface area contributed by atoms with Crippen molar-refractivity contribution in [3.05, 3.63) is 131 Å². The molecule has 6 atom stereocenters. The first-order chi connectivity index (χ1) is 25.3. The summed E-state index contributed by atoms with van der Waals surface area (Å²) in [6.45, 7) is -0.111. The molecule has 0 aliphatic carbocycles. The summed E-state index contributed by atoms with van der Waals surface area (Å²) in [5.41, 5.74) is 7.34. The van der Waals surface area contributed by atoms with Crippen molar-refractivity contribution < 1.29 is 43.2 Å². The quantitative estimate of drug-likeness (QED) is 0.179. The number of primary amides is 1. The average Bonchev–Trinajstić information content (AvgIpc) is 3.53. The summed E-state index contributed by atoms with van der Waals surface area (Å²) in [6.07, 6.45) is -2.05. The van der Waals surface area contributed by atoms with Crippen LogP contribution in [0.25, 0.3) is 0 Å². The van der Waals surface area contributed by atoms with E-state index in [-0.39, 0.29) is 38.5 Å². The maximum absolute atomic E-state index is 15.5. The highest BCUT2D eigenvalue weighted by molar-refractivity contribution is 6.23. The van der Waals surface area contributed by atoms with E-state index < -0.39 is 59.4 Å². The number of esters is 1. The number of carbonyl (C=O) groups excluding carboxylic acids is 4. The number of cyclic esters (lactones) is 1. The lowest BCUT2D eigenvalue weighted by atomic mass is 9.65. The van der Waals surface area contributed by atoms with Gasteiger partial charge in [-0.15, -0.1) is 0 Å². The molecule has 2 saturated heterocycles. The molecule has 4 aromatic carbocycles. The lowest BCUT2D eigenvalue weighted by Crippen LogP contribution is -2.53. The molecule has 0 unspecified atom stereocenters. The van der Waals surface area contributed by atoms with Gasteiger partial charge in [0.05, 0.1) is 43.3 Å². The molecule has 0 radical (unpaired) electrons. The van der Waals surface area contributed by atoms with Crippen LogP contribution in [0.5, 0.6) is 5.75 Å². The molecule has 0 aromatic heterocycles. The van der Waals surface area contributed by atoms with Gasteiger partial charge in [-0.05, 0) is 40.5 Å². The monoisotopic (exact) mass is 705 g/mol. The number of hydrogen-bond donors (Lipinski definition) is 2. The Morgan fingerprint density at radius 2 is 1.50 bits per heavy atom.